The third-order valence-corrected chi connectivity index (χ3v) is 6.82. The smallest absolute Gasteiger partial charge is 0.339 e. The Balaban J connectivity index is 1.47. The number of hydrogen-bond acceptors (Lipinski definition) is 7. The Morgan fingerprint density at radius 2 is 2.00 bits per heavy atom. The van der Waals surface area contributed by atoms with Crippen molar-refractivity contribution in [1.82, 2.24) is 9.97 Å². The van der Waals surface area contributed by atoms with Crippen LogP contribution in [0.2, 0.25) is 0 Å². The number of anilines is 1. The zero-order valence-electron chi connectivity index (χ0n) is 17.3. The Morgan fingerprint density at radius 3 is 2.81 bits per heavy atom. The van der Waals surface area contributed by atoms with Gasteiger partial charge in [-0.25, -0.2) is 14.8 Å². The average Bonchev–Trinajstić information content (AvgIpc) is 3.53. The standard InChI is InChI=1S/C24H19N3O3S2/c1-14(28)25-24-26-16(13-32-24)12-30-23(29)21-18-6-2-3-7-20(18)27-22-15(8-9-19(21)22)11-17-5-4-10-31-17/h2-7,10-11,13H,8-9,12H2,1H3,(H,25,26,28)/b15-11+. The van der Waals surface area contributed by atoms with Crippen LogP contribution < -0.4 is 5.32 Å². The first-order chi connectivity index (χ1) is 15.6. The third kappa shape index (κ3) is 4.06. The van der Waals surface area contributed by atoms with E-state index in [0.717, 1.165) is 40.6 Å². The third-order valence-electron chi connectivity index (χ3n) is 5.19. The number of pyridine rings is 1. The van der Waals surface area contributed by atoms with Gasteiger partial charge in [0.2, 0.25) is 5.91 Å². The molecule has 3 aromatic heterocycles. The van der Waals surface area contributed by atoms with Crippen LogP contribution in [0.4, 0.5) is 5.13 Å². The van der Waals surface area contributed by atoms with Crippen molar-refractivity contribution in [3.63, 3.8) is 0 Å². The van der Waals surface area contributed by atoms with E-state index in [9.17, 15) is 9.59 Å². The molecule has 1 N–H and O–H groups in total. The van der Waals surface area contributed by atoms with E-state index in [1.165, 1.54) is 23.1 Å². The molecule has 160 valence electrons. The summed E-state index contributed by atoms with van der Waals surface area (Å²) in [6.45, 7) is 1.47. The van der Waals surface area contributed by atoms with Crippen molar-refractivity contribution in [2.45, 2.75) is 26.4 Å². The van der Waals surface area contributed by atoms with Crippen LogP contribution in [0.1, 0.15) is 45.5 Å². The highest BCUT2D eigenvalue weighted by Crippen LogP contribution is 2.38. The van der Waals surface area contributed by atoms with Gasteiger partial charge in [-0.15, -0.1) is 22.7 Å². The van der Waals surface area contributed by atoms with E-state index in [1.54, 1.807) is 16.7 Å². The fourth-order valence-corrected chi connectivity index (χ4v) is 5.27. The van der Waals surface area contributed by atoms with Crippen molar-refractivity contribution in [2.75, 3.05) is 5.32 Å². The first kappa shape index (κ1) is 20.5. The van der Waals surface area contributed by atoms with Crippen LogP contribution >= 0.6 is 22.7 Å². The largest absolute Gasteiger partial charge is 0.456 e. The van der Waals surface area contributed by atoms with E-state index in [4.69, 9.17) is 9.72 Å². The molecule has 0 atom stereocenters. The van der Waals surface area contributed by atoms with Crippen molar-refractivity contribution in [3.05, 3.63) is 74.6 Å². The van der Waals surface area contributed by atoms with E-state index in [-0.39, 0.29) is 18.5 Å². The summed E-state index contributed by atoms with van der Waals surface area (Å²) in [5.41, 5.74) is 4.91. The maximum absolute atomic E-state index is 13.2. The topological polar surface area (TPSA) is 81.2 Å². The molecular formula is C24H19N3O3S2. The fourth-order valence-electron chi connectivity index (χ4n) is 3.85. The van der Waals surface area contributed by atoms with Gasteiger partial charge in [-0.2, -0.15) is 0 Å². The number of carbonyl (C=O) groups excluding carboxylic acids is 2. The summed E-state index contributed by atoms with van der Waals surface area (Å²) in [6, 6.07) is 11.8. The molecular weight excluding hydrogens is 442 g/mol. The summed E-state index contributed by atoms with van der Waals surface area (Å²) in [5, 5.41) is 7.75. The highest BCUT2D eigenvalue weighted by atomic mass is 32.1. The van der Waals surface area contributed by atoms with Crippen LogP contribution in [0.25, 0.3) is 22.6 Å². The Labute approximate surface area is 192 Å². The second-order valence-electron chi connectivity index (χ2n) is 7.42. The van der Waals surface area contributed by atoms with Gasteiger partial charge in [-0.3, -0.25) is 4.79 Å². The average molecular weight is 462 g/mol. The number of benzene rings is 1. The number of fused-ring (bicyclic) bond motifs is 2. The summed E-state index contributed by atoms with van der Waals surface area (Å²) in [6.07, 6.45) is 3.74. The van der Waals surface area contributed by atoms with Gasteiger partial charge in [0.15, 0.2) is 5.13 Å². The first-order valence-electron chi connectivity index (χ1n) is 10.1. The van der Waals surface area contributed by atoms with Crippen LogP contribution in [0.5, 0.6) is 0 Å². The van der Waals surface area contributed by atoms with Crippen LogP contribution in [-0.4, -0.2) is 21.8 Å². The molecule has 0 aliphatic heterocycles. The van der Waals surface area contributed by atoms with Gasteiger partial charge in [0.25, 0.3) is 0 Å². The molecule has 1 aromatic carbocycles. The lowest BCUT2D eigenvalue weighted by Crippen LogP contribution is -2.11. The van der Waals surface area contributed by atoms with E-state index >= 15 is 0 Å². The molecule has 5 rings (SSSR count). The number of rotatable bonds is 5. The number of ether oxygens (including phenoxy) is 1. The van der Waals surface area contributed by atoms with Gasteiger partial charge < -0.3 is 10.1 Å². The molecule has 4 aromatic rings. The SMILES string of the molecule is CC(=O)Nc1nc(COC(=O)c2c3c(nc4ccccc24)/C(=C/c2cccs2)CC3)cs1. The molecule has 3 heterocycles. The Kier molecular flexibility index (Phi) is 5.55. The molecule has 0 fully saturated rings. The lowest BCUT2D eigenvalue weighted by Gasteiger charge is -2.12. The Bertz CT molecular complexity index is 1360. The summed E-state index contributed by atoms with van der Waals surface area (Å²) < 4.78 is 5.65. The minimum Gasteiger partial charge on any atom is -0.456 e. The Morgan fingerprint density at radius 1 is 1.12 bits per heavy atom. The number of nitrogens with one attached hydrogen (secondary N) is 1. The monoisotopic (exact) mass is 461 g/mol. The fraction of sp³-hybridized carbons (Fsp3) is 0.167. The van der Waals surface area contributed by atoms with Gasteiger partial charge in [0.05, 0.1) is 22.5 Å². The minimum atomic E-state index is -0.383. The molecule has 1 aliphatic rings. The molecule has 0 radical (unpaired) electrons. The van der Waals surface area contributed by atoms with E-state index in [1.807, 2.05) is 30.3 Å². The number of thiazole rings is 1. The Hall–Kier alpha value is -3.36. The number of esters is 1. The molecule has 32 heavy (non-hydrogen) atoms. The zero-order valence-corrected chi connectivity index (χ0v) is 18.9. The number of allylic oxidation sites excluding steroid dienone is 1. The van der Waals surface area contributed by atoms with Gasteiger partial charge >= 0.3 is 5.97 Å². The van der Waals surface area contributed by atoms with Crippen molar-refractivity contribution in [1.29, 1.82) is 0 Å². The number of amides is 1. The number of thiophene rings is 1. The van der Waals surface area contributed by atoms with E-state index in [2.05, 4.69) is 27.8 Å². The molecule has 0 unspecified atom stereocenters. The van der Waals surface area contributed by atoms with Crippen molar-refractivity contribution in [2.24, 2.45) is 0 Å². The molecule has 1 aliphatic carbocycles. The van der Waals surface area contributed by atoms with Crippen LogP contribution in [0.3, 0.4) is 0 Å². The second-order valence-corrected chi connectivity index (χ2v) is 9.25. The van der Waals surface area contributed by atoms with Crippen molar-refractivity contribution in [3.8, 4) is 0 Å². The van der Waals surface area contributed by atoms with Crippen LogP contribution in [-0.2, 0) is 22.6 Å². The number of aromatic nitrogens is 2. The molecule has 6 nitrogen and oxygen atoms in total. The number of carbonyl (C=O) groups is 2. The molecule has 0 saturated carbocycles. The summed E-state index contributed by atoms with van der Waals surface area (Å²) >= 11 is 2.98. The highest BCUT2D eigenvalue weighted by molar-refractivity contribution is 7.14. The maximum Gasteiger partial charge on any atom is 0.339 e. The van der Waals surface area contributed by atoms with Gasteiger partial charge in [-0.05, 0) is 47.6 Å². The first-order valence-corrected chi connectivity index (χ1v) is 11.9. The van der Waals surface area contributed by atoms with Gasteiger partial charge in [0, 0.05) is 22.6 Å². The lowest BCUT2D eigenvalue weighted by atomic mass is 10.0. The molecule has 0 saturated heterocycles. The molecule has 0 spiro atoms. The van der Waals surface area contributed by atoms with Crippen molar-refractivity contribution >= 4 is 62.2 Å². The van der Waals surface area contributed by atoms with Crippen molar-refractivity contribution < 1.29 is 14.3 Å². The summed E-state index contributed by atoms with van der Waals surface area (Å²) in [5.74, 6) is -0.570. The lowest BCUT2D eigenvalue weighted by molar-refractivity contribution is -0.114. The molecule has 8 heteroatoms. The number of hydrogen-bond donors (Lipinski definition) is 1. The molecule has 1 amide bonds. The van der Waals surface area contributed by atoms with Gasteiger partial charge in [-0.1, -0.05) is 24.3 Å². The predicted octanol–water partition coefficient (Wildman–Crippen LogP) is 5.56. The highest BCUT2D eigenvalue weighted by Gasteiger charge is 2.27. The van der Waals surface area contributed by atoms with Gasteiger partial charge in [0.1, 0.15) is 6.61 Å². The van der Waals surface area contributed by atoms with E-state index < -0.39 is 0 Å². The number of para-hydroxylation sites is 1. The quantitative estimate of drug-likeness (QED) is 0.394. The minimum absolute atomic E-state index is 0.0399. The predicted molar refractivity (Wildman–Crippen MR) is 128 cm³/mol. The summed E-state index contributed by atoms with van der Waals surface area (Å²) in [4.78, 5) is 34.8. The van der Waals surface area contributed by atoms with E-state index in [0.29, 0.717) is 16.4 Å². The molecule has 0 bridgehead atoms. The normalized spacial score (nSPS) is 14.0. The summed E-state index contributed by atoms with van der Waals surface area (Å²) in [7, 11) is 0. The van der Waals surface area contributed by atoms with Crippen LogP contribution in [0, 0.1) is 0 Å². The number of nitrogens with zero attached hydrogens (tertiary/aromatic N) is 2. The zero-order chi connectivity index (χ0) is 22.1. The second kappa shape index (κ2) is 8.64. The van der Waals surface area contributed by atoms with Crippen LogP contribution in [0.15, 0.2) is 47.2 Å². The maximum atomic E-state index is 13.2.